The van der Waals surface area contributed by atoms with Crippen molar-refractivity contribution in [3.05, 3.63) is 11.8 Å². The normalized spacial score (nSPS) is 10.9. The monoisotopic (exact) mass is 230 g/mol. The number of nitrogens with one attached hydrogen (secondary N) is 1. The van der Waals surface area contributed by atoms with Gasteiger partial charge in [-0.2, -0.15) is 0 Å². The Morgan fingerprint density at radius 1 is 1.50 bits per heavy atom. The average Bonchev–Trinajstić information content (AvgIpc) is 2.25. The first-order chi connectivity index (χ1) is 7.57. The molecule has 0 rings (SSSR count). The van der Waals surface area contributed by atoms with Crippen molar-refractivity contribution in [2.45, 2.75) is 26.2 Å². The molecule has 0 saturated heterocycles. The van der Waals surface area contributed by atoms with E-state index in [1.165, 1.54) is 6.08 Å². The van der Waals surface area contributed by atoms with Gasteiger partial charge in [0.2, 0.25) is 0 Å². The number of amides is 1. The molecule has 0 aliphatic carbocycles. The van der Waals surface area contributed by atoms with Crippen LogP contribution < -0.4 is 11.1 Å². The van der Waals surface area contributed by atoms with Gasteiger partial charge >= 0.3 is 12.1 Å². The molecule has 0 heterocycles. The minimum absolute atomic E-state index is 0.173. The lowest BCUT2D eigenvalue weighted by atomic mass is 10.2. The molecule has 0 aliphatic heterocycles. The lowest BCUT2D eigenvalue weighted by Crippen LogP contribution is -2.25. The number of nitrogens with two attached hydrogens (primary N) is 1. The minimum atomic E-state index is -1.13. The zero-order valence-corrected chi connectivity index (χ0v) is 9.36. The number of hydrogen-bond donors (Lipinski definition) is 3. The first kappa shape index (κ1) is 14.3. The summed E-state index contributed by atoms with van der Waals surface area (Å²) in [7, 11) is 0. The summed E-state index contributed by atoms with van der Waals surface area (Å²) in [6, 6.07) is 0. The van der Waals surface area contributed by atoms with Crippen LogP contribution in [-0.2, 0) is 9.53 Å². The van der Waals surface area contributed by atoms with Gasteiger partial charge in [0.15, 0.2) is 0 Å². The summed E-state index contributed by atoms with van der Waals surface area (Å²) in [5.74, 6) is -1.13. The molecule has 1 amide bonds. The summed E-state index contributed by atoms with van der Waals surface area (Å²) in [5, 5.41) is 11.0. The van der Waals surface area contributed by atoms with E-state index < -0.39 is 12.1 Å². The van der Waals surface area contributed by atoms with E-state index in [2.05, 4.69) is 5.32 Å². The van der Waals surface area contributed by atoms with E-state index in [0.29, 0.717) is 26.0 Å². The van der Waals surface area contributed by atoms with Gasteiger partial charge in [0.1, 0.15) is 5.70 Å². The van der Waals surface area contributed by atoms with Crippen molar-refractivity contribution >= 4 is 12.1 Å². The second-order valence-electron chi connectivity index (χ2n) is 3.17. The Hall–Kier alpha value is -1.72. The van der Waals surface area contributed by atoms with Crippen LogP contribution in [0.3, 0.4) is 0 Å². The van der Waals surface area contributed by atoms with E-state index in [0.717, 1.165) is 6.42 Å². The predicted molar refractivity (Wildman–Crippen MR) is 58.8 cm³/mol. The highest BCUT2D eigenvalue weighted by Crippen LogP contribution is 1.93. The standard InChI is InChI=1S/C10H18N2O4/c1-2-7-16-10(15)12-6-4-3-5-8(11)9(13)14/h5H,2-4,6-7,11H2,1H3,(H,12,15)(H,13,14)/b8-5+. The summed E-state index contributed by atoms with van der Waals surface area (Å²) in [4.78, 5) is 21.2. The van der Waals surface area contributed by atoms with Gasteiger partial charge in [-0.15, -0.1) is 0 Å². The van der Waals surface area contributed by atoms with E-state index in [4.69, 9.17) is 15.6 Å². The Morgan fingerprint density at radius 3 is 2.75 bits per heavy atom. The highest BCUT2D eigenvalue weighted by Gasteiger charge is 2.00. The number of alkyl carbamates (subject to hydrolysis) is 1. The minimum Gasteiger partial charge on any atom is -0.477 e. The molecular weight excluding hydrogens is 212 g/mol. The van der Waals surface area contributed by atoms with E-state index in [1.54, 1.807) is 0 Å². The second-order valence-corrected chi connectivity index (χ2v) is 3.17. The van der Waals surface area contributed by atoms with Crippen molar-refractivity contribution in [2.24, 2.45) is 5.73 Å². The summed E-state index contributed by atoms with van der Waals surface area (Å²) in [6.45, 7) is 2.75. The second kappa shape index (κ2) is 8.58. The number of carbonyl (C=O) groups is 2. The maximum atomic E-state index is 10.9. The van der Waals surface area contributed by atoms with Crippen LogP contribution in [0.5, 0.6) is 0 Å². The predicted octanol–water partition coefficient (Wildman–Crippen LogP) is 0.830. The number of ether oxygens (including phenoxy) is 1. The Bertz CT molecular complexity index is 264. The Morgan fingerprint density at radius 2 is 2.19 bits per heavy atom. The molecule has 0 bridgehead atoms. The fourth-order valence-corrected chi connectivity index (χ4v) is 0.883. The van der Waals surface area contributed by atoms with Crippen molar-refractivity contribution in [1.82, 2.24) is 5.32 Å². The van der Waals surface area contributed by atoms with Gasteiger partial charge in [-0.1, -0.05) is 13.0 Å². The van der Waals surface area contributed by atoms with Crippen molar-refractivity contribution < 1.29 is 19.4 Å². The molecule has 4 N–H and O–H groups in total. The van der Waals surface area contributed by atoms with Crippen molar-refractivity contribution in [3.63, 3.8) is 0 Å². The summed E-state index contributed by atoms with van der Waals surface area (Å²) in [6.07, 6.45) is 2.88. The number of carboxylic acids is 1. The van der Waals surface area contributed by atoms with Gasteiger partial charge in [0, 0.05) is 6.54 Å². The van der Waals surface area contributed by atoms with Crippen LogP contribution in [0.1, 0.15) is 26.2 Å². The number of allylic oxidation sites excluding steroid dienone is 1. The Kier molecular flexibility index (Phi) is 7.66. The smallest absolute Gasteiger partial charge is 0.407 e. The van der Waals surface area contributed by atoms with Crippen molar-refractivity contribution in [2.75, 3.05) is 13.2 Å². The lowest BCUT2D eigenvalue weighted by Gasteiger charge is -2.04. The maximum Gasteiger partial charge on any atom is 0.407 e. The van der Waals surface area contributed by atoms with E-state index in [9.17, 15) is 9.59 Å². The number of hydrogen-bond acceptors (Lipinski definition) is 4. The molecule has 6 heteroatoms. The zero-order chi connectivity index (χ0) is 12.4. The number of unbranched alkanes of at least 4 members (excludes halogenated alkanes) is 1. The number of rotatable bonds is 7. The van der Waals surface area contributed by atoms with Gasteiger partial charge in [0.05, 0.1) is 6.61 Å². The molecule has 0 aromatic heterocycles. The van der Waals surface area contributed by atoms with Gasteiger partial charge in [-0.05, 0) is 19.3 Å². The third-order valence-corrected chi connectivity index (χ3v) is 1.70. The summed E-state index contributed by atoms with van der Waals surface area (Å²) < 4.78 is 4.77. The fraction of sp³-hybridized carbons (Fsp3) is 0.600. The third-order valence-electron chi connectivity index (χ3n) is 1.70. The summed E-state index contributed by atoms with van der Waals surface area (Å²) >= 11 is 0. The molecule has 0 aromatic carbocycles. The topological polar surface area (TPSA) is 102 Å². The van der Waals surface area contributed by atoms with Crippen molar-refractivity contribution in [1.29, 1.82) is 0 Å². The fourth-order valence-electron chi connectivity index (χ4n) is 0.883. The molecule has 0 unspecified atom stereocenters. The van der Waals surface area contributed by atoms with Gasteiger partial charge in [-0.25, -0.2) is 9.59 Å². The molecule has 92 valence electrons. The molecule has 0 aliphatic rings. The van der Waals surface area contributed by atoms with Crippen LogP contribution in [0.15, 0.2) is 11.8 Å². The Balaban J connectivity index is 3.50. The van der Waals surface area contributed by atoms with E-state index in [-0.39, 0.29) is 5.70 Å². The largest absolute Gasteiger partial charge is 0.477 e. The molecule has 0 fully saturated rings. The SMILES string of the molecule is CCCOC(=O)NCCC/C=C(/N)C(=O)O. The van der Waals surface area contributed by atoms with Crippen LogP contribution >= 0.6 is 0 Å². The molecule has 0 aromatic rings. The van der Waals surface area contributed by atoms with E-state index in [1.807, 2.05) is 6.92 Å². The number of carbonyl (C=O) groups excluding carboxylic acids is 1. The molecule has 0 atom stereocenters. The summed E-state index contributed by atoms with van der Waals surface area (Å²) in [5.41, 5.74) is 5.00. The molecule has 0 saturated carbocycles. The number of carboxylic acid groups (broad SMARTS) is 1. The first-order valence-electron chi connectivity index (χ1n) is 5.17. The molecule has 0 spiro atoms. The Labute approximate surface area is 94.5 Å². The highest BCUT2D eigenvalue weighted by molar-refractivity contribution is 5.85. The van der Waals surface area contributed by atoms with Crippen LogP contribution in [-0.4, -0.2) is 30.3 Å². The molecule has 16 heavy (non-hydrogen) atoms. The quantitative estimate of drug-likeness (QED) is 0.444. The van der Waals surface area contributed by atoms with Crippen LogP contribution in [0.4, 0.5) is 4.79 Å². The first-order valence-corrected chi connectivity index (χ1v) is 5.17. The molecular formula is C10H18N2O4. The lowest BCUT2D eigenvalue weighted by molar-refractivity contribution is -0.132. The van der Waals surface area contributed by atoms with Crippen LogP contribution in [0, 0.1) is 0 Å². The maximum absolute atomic E-state index is 10.9. The number of aliphatic carboxylic acids is 1. The van der Waals surface area contributed by atoms with Crippen LogP contribution in [0.2, 0.25) is 0 Å². The van der Waals surface area contributed by atoms with Crippen molar-refractivity contribution in [3.8, 4) is 0 Å². The van der Waals surface area contributed by atoms with Gasteiger partial charge in [-0.3, -0.25) is 0 Å². The van der Waals surface area contributed by atoms with E-state index >= 15 is 0 Å². The molecule has 0 radical (unpaired) electrons. The van der Waals surface area contributed by atoms with Crippen LogP contribution in [0.25, 0.3) is 0 Å². The third kappa shape index (κ3) is 7.66. The average molecular weight is 230 g/mol. The molecule has 6 nitrogen and oxygen atoms in total. The zero-order valence-electron chi connectivity index (χ0n) is 9.36. The van der Waals surface area contributed by atoms with Gasteiger partial charge in [0.25, 0.3) is 0 Å². The van der Waals surface area contributed by atoms with Gasteiger partial charge < -0.3 is 20.9 Å². The highest BCUT2D eigenvalue weighted by atomic mass is 16.5.